The van der Waals surface area contributed by atoms with Gasteiger partial charge in [0.1, 0.15) is 10.2 Å². The second-order valence-electron chi connectivity index (χ2n) is 7.40. The van der Waals surface area contributed by atoms with Gasteiger partial charge in [0.05, 0.1) is 34.2 Å². The maximum Gasteiger partial charge on any atom is 0.271 e. The summed E-state index contributed by atoms with van der Waals surface area (Å²) >= 11 is 1.44. The molecule has 0 unspecified atom stereocenters. The van der Waals surface area contributed by atoms with Crippen LogP contribution < -0.4 is 15.3 Å². The first-order chi connectivity index (χ1) is 13.1. The standard InChI is InChI=1S/C21H24N4OS/c1-24(2)16-12-17-18(10-11-22-13-16)27-20-19(17)23-14-25(21(20)26)15-8-6-4-3-5-7-9-15/h11,13-15H,3-9H2,1-2H3. The summed E-state index contributed by atoms with van der Waals surface area (Å²) in [5.41, 5.74) is 8.18. The first kappa shape index (κ1) is 18.0. The second-order valence-corrected chi connectivity index (χ2v) is 8.42. The fourth-order valence-corrected chi connectivity index (χ4v) is 4.77. The van der Waals surface area contributed by atoms with E-state index in [0.29, 0.717) is 4.70 Å². The van der Waals surface area contributed by atoms with Crippen molar-refractivity contribution in [3.05, 3.63) is 38.3 Å². The van der Waals surface area contributed by atoms with Crippen LogP contribution in [0.15, 0.2) is 28.0 Å². The van der Waals surface area contributed by atoms with Gasteiger partial charge in [-0.2, -0.15) is 0 Å². The largest absolute Gasteiger partial charge is 0.370 e. The molecule has 0 atom stereocenters. The molecule has 5 nitrogen and oxygen atoms in total. The quantitative estimate of drug-likeness (QED) is 0.805. The van der Waals surface area contributed by atoms with Crippen LogP contribution in [0.5, 0.6) is 0 Å². The van der Waals surface area contributed by atoms with Crippen LogP contribution in [-0.4, -0.2) is 34.8 Å². The topological polar surface area (TPSA) is 50.5 Å². The molecule has 1 aliphatic heterocycles. The van der Waals surface area contributed by atoms with E-state index in [4.69, 9.17) is 4.98 Å². The van der Waals surface area contributed by atoms with E-state index < -0.39 is 0 Å². The van der Waals surface area contributed by atoms with Crippen molar-refractivity contribution in [2.45, 2.75) is 51.0 Å². The van der Waals surface area contributed by atoms with Crippen molar-refractivity contribution in [3.8, 4) is 0 Å². The molecule has 0 aromatic carbocycles. The molecule has 1 saturated carbocycles. The van der Waals surface area contributed by atoms with Crippen molar-refractivity contribution >= 4 is 39.2 Å². The monoisotopic (exact) mass is 380 g/mol. The summed E-state index contributed by atoms with van der Waals surface area (Å²) in [4.78, 5) is 24.1. The molecule has 0 radical (unpaired) electrons. The van der Waals surface area contributed by atoms with Crippen LogP contribution in [-0.2, 0) is 0 Å². The van der Waals surface area contributed by atoms with Crippen molar-refractivity contribution in [2.24, 2.45) is 4.99 Å². The Kier molecular flexibility index (Phi) is 5.13. The zero-order valence-electron chi connectivity index (χ0n) is 15.9. The number of thiophene rings is 1. The Labute approximate surface area is 162 Å². The minimum Gasteiger partial charge on any atom is -0.370 e. The molecule has 27 heavy (non-hydrogen) atoms. The SMILES string of the molecule is CN(C)C1=C=c2c(sc3c(=O)n(C4CCCCCCC4)cnc23)=C=CN=C1. The lowest BCUT2D eigenvalue weighted by atomic mass is 9.96. The third-order valence-electron chi connectivity index (χ3n) is 5.29. The Morgan fingerprint density at radius 3 is 2.67 bits per heavy atom. The number of allylic oxidation sites excluding steroid dienone is 1. The van der Waals surface area contributed by atoms with Crippen LogP contribution >= 0.6 is 11.3 Å². The lowest BCUT2D eigenvalue weighted by Gasteiger charge is -2.21. The highest BCUT2D eigenvalue weighted by atomic mass is 32.1. The van der Waals surface area contributed by atoms with Crippen LogP contribution in [0.1, 0.15) is 51.0 Å². The second kappa shape index (κ2) is 7.69. The fraction of sp³-hybridized carbons (Fsp3) is 0.476. The van der Waals surface area contributed by atoms with E-state index in [1.165, 1.54) is 43.4 Å². The van der Waals surface area contributed by atoms with E-state index in [2.05, 4.69) is 16.5 Å². The summed E-state index contributed by atoms with van der Waals surface area (Å²) in [5, 5.41) is 0.836. The Morgan fingerprint density at radius 2 is 1.93 bits per heavy atom. The molecule has 140 valence electrons. The first-order valence-electron chi connectivity index (χ1n) is 9.61. The molecule has 1 fully saturated rings. The van der Waals surface area contributed by atoms with Crippen LogP contribution in [0, 0.1) is 0 Å². The Bertz CT molecular complexity index is 1130. The van der Waals surface area contributed by atoms with Gasteiger partial charge in [0.2, 0.25) is 0 Å². The molecule has 0 amide bonds. The smallest absolute Gasteiger partial charge is 0.271 e. The zero-order valence-corrected chi connectivity index (χ0v) is 16.7. The number of hydrogen-bond acceptors (Lipinski definition) is 5. The van der Waals surface area contributed by atoms with Gasteiger partial charge in [-0.25, -0.2) is 4.98 Å². The normalized spacial score (nSPS) is 17.8. The molecule has 0 spiro atoms. The highest BCUT2D eigenvalue weighted by Crippen LogP contribution is 2.25. The molecular weight excluding hydrogens is 356 g/mol. The van der Waals surface area contributed by atoms with Gasteiger partial charge in [-0.3, -0.25) is 14.4 Å². The number of aromatic nitrogens is 2. The molecular formula is C21H24N4OS. The predicted molar refractivity (Wildman–Crippen MR) is 112 cm³/mol. The highest BCUT2D eigenvalue weighted by molar-refractivity contribution is 7.16. The average Bonchev–Trinajstić information content (AvgIpc) is 2.93. The number of hydrogen-bond donors (Lipinski definition) is 0. The van der Waals surface area contributed by atoms with Crippen molar-refractivity contribution in [2.75, 3.05) is 14.1 Å². The third kappa shape index (κ3) is 3.57. The molecule has 2 aromatic heterocycles. The highest BCUT2D eigenvalue weighted by Gasteiger charge is 2.17. The minimum absolute atomic E-state index is 0.0678. The minimum atomic E-state index is 0.0678. The lowest BCUT2D eigenvalue weighted by molar-refractivity contribution is 0.364. The fourth-order valence-electron chi connectivity index (χ4n) is 3.76. The maximum absolute atomic E-state index is 13.3. The van der Waals surface area contributed by atoms with Crippen molar-refractivity contribution in [1.29, 1.82) is 0 Å². The molecule has 1 aliphatic carbocycles. The number of aliphatic imine (C=N–C) groups is 1. The Morgan fingerprint density at radius 1 is 1.19 bits per heavy atom. The molecule has 0 bridgehead atoms. The van der Waals surface area contributed by atoms with E-state index in [1.807, 2.05) is 23.6 Å². The summed E-state index contributed by atoms with van der Waals surface area (Å²) in [5.74, 6) is 0. The van der Waals surface area contributed by atoms with Gasteiger partial charge in [-0.1, -0.05) is 43.6 Å². The molecule has 2 aliphatic rings. The molecule has 0 saturated heterocycles. The molecule has 0 N–H and O–H groups in total. The summed E-state index contributed by atoms with van der Waals surface area (Å²) < 4.78 is 3.42. The van der Waals surface area contributed by atoms with Crippen molar-refractivity contribution in [3.63, 3.8) is 0 Å². The zero-order chi connectivity index (χ0) is 18.8. The van der Waals surface area contributed by atoms with Gasteiger partial charge in [0.15, 0.2) is 0 Å². The number of rotatable bonds is 2. The summed E-state index contributed by atoms with van der Waals surface area (Å²) in [6, 6.07) is 0.263. The third-order valence-corrected chi connectivity index (χ3v) is 6.39. The Hall–Kier alpha value is -2.39. The number of nitrogens with zero attached hydrogens (tertiary/aromatic N) is 4. The van der Waals surface area contributed by atoms with Gasteiger partial charge in [-0.15, -0.1) is 11.3 Å². The molecule has 3 heterocycles. The van der Waals surface area contributed by atoms with Crippen molar-refractivity contribution < 1.29 is 0 Å². The van der Waals surface area contributed by atoms with E-state index >= 15 is 0 Å². The van der Waals surface area contributed by atoms with Gasteiger partial charge in [0, 0.05) is 20.1 Å². The van der Waals surface area contributed by atoms with E-state index in [-0.39, 0.29) is 11.6 Å². The molecule has 2 aromatic rings. The summed E-state index contributed by atoms with van der Waals surface area (Å²) in [7, 11) is 3.90. The van der Waals surface area contributed by atoms with Crippen LogP contribution in [0.25, 0.3) is 21.7 Å². The number of fused-ring (bicyclic) bond motifs is 3. The van der Waals surface area contributed by atoms with E-state index in [9.17, 15) is 4.79 Å². The van der Waals surface area contributed by atoms with Gasteiger partial charge >= 0.3 is 0 Å². The molecule has 4 rings (SSSR count). The van der Waals surface area contributed by atoms with E-state index in [0.717, 1.165) is 33.8 Å². The van der Waals surface area contributed by atoms with E-state index in [1.54, 1.807) is 18.7 Å². The summed E-state index contributed by atoms with van der Waals surface area (Å²) in [6.45, 7) is 0. The van der Waals surface area contributed by atoms with Crippen molar-refractivity contribution in [1.82, 2.24) is 14.5 Å². The first-order valence-corrected chi connectivity index (χ1v) is 10.4. The maximum atomic E-state index is 13.3. The van der Waals surface area contributed by atoms with Gasteiger partial charge < -0.3 is 4.90 Å². The molecule has 6 heteroatoms. The van der Waals surface area contributed by atoms with Crippen LogP contribution in [0.4, 0.5) is 0 Å². The average molecular weight is 381 g/mol. The van der Waals surface area contributed by atoms with Crippen LogP contribution in [0.2, 0.25) is 0 Å². The Balaban J connectivity index is 1.93. The van der Waals surface area contributed by atoms with Gasteiger partial charge in [-0.05, 0) is 12.8 Å². The predicted octanol–water partition coefficient (Wildman–Crippen LogP) is 2.55. The summed E-state index contributed by atoms with van der Waals surface area (Å²) in [6.07, 6.45) is 13.5. The lowest BCUT2D eigenvalue weighted by Crippen LogP contribution is -2.26. The van der Waals surface area contributed by atoms with Crippen LogP contribution in [0.3, 0.4) is 0 Å². The van der Waals surface area contributed by atoms with Gasteiger partial charge in [0.25, 0.3) is 5.56 Å².